The third-order valence-electron chi connectivity index (χ3n) is 6.64. The van der Waals surface area contributed by atoms with Gasteiger partial charge in [-0.1, -0.05) is 43.7 Å². The zero-order valence-corrected chi connectivity index (χ0v) is 17.1. The van der Waals surface area contributed by atoms with E-state index in [1.54, 1.807) is 12.1 Å². The molecular formula is C26H32FN. The van der Waals surface area contributed by atoms with Gasteiger partial charge in [-0.2, -0.15) is 5.26 Å². The van der Waals surface area contributed by atoms with Crippen molar-refractivity contribution in [3.05, 3.63) is 47.3 Å². The minimum Gasteiger partial charge on any atom is -0.206 e. The molecule has 0 spiro atoms. The smallest absolute Gasteiger partial charge is 0.141 e. The van der Waals surface area contributed by atoms with Gasteiger partial charge in [-0.05, 0) is 92.9 Å². The summed E-state index contributed by atoms with van der Waals surface area (Å²) in [5, 5.41) is 8.86. The van der Waals surface area contributed by atoms with E-state index in [4.69, 9.17) is 5.26 Å². The second kappa shape index (κ2) is 10.5. The van der Waals surface area contributed by atoms with Gasteiger partial charge >= 0.3 is 0 Å². The van der Waals surface area contributed by atoms with Gasteiger partial charge in [0.25, 0.3) is 0 Å². The molecule has 2 aliphatic rings. The highest BCUT2D eigenvalue weighted by Gasteiger charge is 2.22. The van der Waals surface area contributed by atoms with Crippen molar-refractivity contribution in [3.63, 3.8) is 0 Å². The standard InChI is InChI=1S/C26H32FN/c1-2-5-20-8-10-21(11-9-20)6-3-4-7-22-12-14-23(15-13-22)24-16-17-25(19-28)26(27)18-24/h3,6,16-18,20-23H,2,5,8-15H2,1H3/t20-,21-,22-,23-. The highest BCUT2D eigenvalue weighted by Crippen LogP contribution is 2.36. The molecule has 0 radical (unpaired) electrons. The molecule has 2 heteroatoms. The Kier molecular flexibility index (Phi) is 7.73. The molecule has 0 atom stereocenters. The summed E-state index contributed by atoms with van der Waals surface area (Å²) in [6, 6.07) is 6.96. The van der Waals surface area contributed by atoms with E-state index >= 15 is 0 Å². The van der Waals surface area contributed by atoms with Gasteiger partial charge in [-0.25, -0.2) is 4.39 Å². The maximum atomic E-state index is 13.8. The van der Waals surface area contributed by atoms with Gasteiger partial charge in [-0.3, -0.25) is 0 Å². The van der Waals surface area contributed by atoms with E-state index in [1.807, 2.05) is 12.1 Å². The molecule has 0 N–H and O–H groups in total. The predicted octanol–water partition coefficient (Wildman–Crippen LogP) is 7.14. The number of halogens is 1. The van der Waals surface area contributed by atoms with E-state index in [-0.39, 0.29) is 5.56 Å². The van der Waals surface area contributed by atoms with E-state index in [1.165, 1.54) is 38.5 Å². The van der Waals surface area contributed by atoms with E-state index in [9.17, 15) is 4.39 Å². The molecule has 0 amide bonds. The van der Waals surface area contributed by atoms with Crippen molar-refractivity contribution < 1.29 is 4.39 Å². The SMILES string of the molecule is CCC[C@H]1CC[C@H](C=CC#C[C@H]2CC[C@H](c3ccc(C#N)c(F)c3)CC2)CC1. The van der Waals surface area contributed by atoms with Crippen LogP contribution in [-0.2, 0) is 0 Å². The lowest BCUT2D eigenvalue weighted by atomic mass is 9.78. The number of nitriles is 1. The van der Waals surface area contributed by atoms with Crippen molar-refractivity contribution >= 4 is 0 Å². The lowest BCUT2D eigenvalue weighted by Gasteiger charge is -2.26. The molecule has 0 saturated heterocycles. The van der Waals surface area contributed by atoms with Crippen LogP contribution in [0.15, 0.2) is 30.4 Å². The molecule has 1 aromatic rings. The van der Waals surface area contributed by atoms with Crippen LogP contribution in [0.4, 0.5) is 4.39 Å². The summed E-state index contributed by atoms with van der Waals surface area (Å²) in [7, 11) is 0. The molecule has 2 fully saturated rings. The minimum absolute atomic E-state index is 0.133. The summed E-state index contributed by atoms with van der Waals surface area (Å²) in [4.78, 5) is 0. The molecule has 1 aromatic carbocycles. The number of benzene rings is 1. The van der Waals surface area contributed by atoms with Gasteiger partial charge in [0, 0.05) is 5.92 Å². The summed E-state index contributed by atoms with van der Waals surface area (Å²) in [5.74, 6) is 8.88. The summed E-state index contributed by atoms with van der Waals surface area (Å²) >= 11 is 0. The van der Waals surface area contributed by atoms with Gasteiger partial charge in [-0.15, -0.1) is 0 Å². The van der Waals surface area contributed by atoms with Crippen LogP contribution < -0.4 is 0 Å². The lowest BCUT2D eigenvalue weighted by Crippen LogP contribution is -2.13. The van der Waals surface area contributed by atoms with E-state index in [2.05, 4.69) is 30.9 Å². The maximum Gasteiger partial charge on any atom is 0.141 e. The molecule has 0 bridgehead atoms. The van der Waals surface area contributed by atoms with Crippen LogP contribution in [-0.4, -0.2) is 0 Å². The Hall–Kier alpha value is -2.06. The first-order chi connectivity index (χ1) is 13.7. The van der Waals surface area contributed by atoms with Gasteiger partial charge in [0.05, 0.1) is 5.56 Å². The molecule has 0 unspecified atom stereocenters. The fraction of sp³-hybridized carbons (Fsp3) is 0.577. The topological polar surface area (TPSA) is 23.8 Å². The first-order valence-electron chi connectivity index (χ1n) is 11.1. The summed E-state index contributed by atoms with van der Waals surface area (Å²) < 4.78 is 13.8. The van der Waals surface area contributed by atoms with E-state index in [0.717, 1.165) is 43.1 Å². The number of nitrogens with zero attached hydrogens (tertiary/aromatic N) is 1. The van der Waals surface area contributed by atoms with Crippen molar-refractivity contribution in [2.45, 2.75) is 77.0 Å². The van der Waals surface area contributed by atoms with E-state index < -0.39 is 5.82 Å². The Morgan fingerprint density at radius 1 is 1.07 bits per heavy atom. The van der Waals surface area contributed by atoms with Crippen LogP contribution in [0.25, 0.3) is 0 Å². The molecule has 148 valence electrons. The summed E-state index contributed by atoms with van der Waals surface area (Å²) in [5.41, 5.74) is 1.16. The number of rotatable bonds is 4. The molecule has 0 heterocycles. The molecule has 0 aliphatic heterocycles. The fourth-order valence-corrected chi connectivity index (χ4v) is 4.87. The van der Waals surface area contributed by atoms with Crippen molar-refractivity contribution in [2.24, 2.45) is 17.8 Å². The van der Waals surface area contributed by atoms with Crippen LogP contribution >= 0.6 is 0 Å². The van der Waals surface area contributed by atoms with Crippen molar-refractivity contribution in [1.82, 2.24) is 0 Å². The van der Waals surface area contributed by atoms with Crippen LogP contribution in [0.2, 0.25) is 0 Å². The number of hydrogen-bond acceptors (Lipinski definition) is 1. The lowest BCUT2D eigenvalue weighted by molar-refractivity contribution is 0.294. The highest BCUT2D eigenvalue weighted by atomic mass is 19.1. The molecular weight excluding hydrogens is 345 g/mol. The number of allylic oxidation sites excluding steroid dienone is 2. The summed E-state index contributed by atoms with van der Waals surface area (Å²) in [6.45, 7) is 2.29. The third kappa shape index (κ3) is 5.72. The average molecular weight is 378 g/mol. The Morgan fingerprint density at radius 3 is 2.46 bits per heavy atom. The Bertz CT molecular complexity index is 760. The molecule has 2 aliphatic carbocycles. The maximum absolute atomic E-state index is 13.8. The minimum atomic E-state index is -0.393. The van der Waals surface area contributed by atoms with Crippen LogP contribution in [0, 0.1) is 46.7 Å². The van der Waals surface area contributed by atoms with Gasteiger partial charge in [0.1, 0.15) is 11.9 Å². The second-order valence-electron chi connectivity index (χ2n) is 8.62. The first kappa shape index (κ1) is 20.7. The van der Waals surface area contributed by atoms with Crippen molar-refractivity contribution in [1.29, 1.82) is 5.26 Å². The molecule has 2 saturated carbocycles. The monoisotopic (exact) mass is 377 g/mol. The highest BCUT2D eigenvalue weighted by molar-refractivity contribution is 5.35. The van der Waals surface area contributed by atoms with Crippen molar-refractivity contribution in [3.8, 4) is 17.9 Å². The first-order valence-corrected chi connectivity index (χ1v) is 11.1. The quantitative estimate of drug-likeness (QED) is 0.512. The molecule has 28 heavy (non-hydrogen) atoms. The zero-order chi connectivity index (χ0) is 19.8. The molecule has 1 nitrogen and oxygen atoms in total. The Labute approximate surface area is 170 Å². The molecule has 3 rings (SSSR count). The third-order valence-corrected chi connectivity index (χ3v) is 6.64. The van der Waals surface area contributed by atoms with Crippen LogP contribution in [0.3, 0.4) is 0 Å². The van der Waals surface area contributed by atoms with E-state index in [0.29, 0.717) is 11.8 Å². The van der Waals surface area contributed by atoms with Gasteiger partial charge < -0.3 is 0 Å². The predicted molar refractivity (Wildman–Crippen MR) is 113 cm³/mol. The average Bonchev–Trinajstić information content (AvgIpc) is 2.73. The van der Waals surface area contributed by atoms with Crippen molar-refractivity contribution in [2.75, 3.05) is 0 Å². The van der Waals surface area contributed by atoms with Gasteiger partial charge in [0.15, 0.2) is 0 Å². The largest absolute Gasteiger partial charge is 0.206 e. The fourth-order valence-electron chi connectivity index (χ4n) is 4.87. The van der Waals surface area contributed by atoms with Gasteiger partial charge in [0.2, 0.25) is 0 Å². The number of hydrogen-bond donors (Lipinski definition) is 0. The normalized spacial score (nSPS) is 27.8. The Balaban J connectivity index is 1.43. The van der Waals surface area contributed by atoms with Crippen LogP contribution in [0.1, 0.15) is 88.2 Å². The Morgan fingerprint density at radius 2 is 1.82 bits per heavy atom. The molecule has 0 aromatic heterocycles. The zero-order valence-electron chi connectivity index (χ0n) is 17.1. The van der Waals surface area contributed by atoms with Crippen LogP contribution in [0.5, 0.6) is 0 Å². The second-order valence-corrected chi connectivity index (χ2v) is 8.62. The summed E-state index contributed by atoms with van der Waals surface area (Å²) in [6.07, 6.45) is 16.8.